The molecule has 4 rings (SSSR count). The first kappa shape index (κ1) is 23.0. The van der Waals surface area contributed by atoms with Crippen molar-refractivity contribution in [3.63, 3.8) is 0 Å². The molecule has 3 N–H and O–H groups in total. The van der Waals surface area contributed by atoms with E-state index in [2.05, 4.69) is 80.1 Å². The first-order chi connectivity index (χ1) is 16.0. The Balaban J connectivity index is 1.65. The zero-order valence-corrected chi connectivity index (χ0v) is 20.1. The van der Waals surface area contributed by atoms with Gasteiger partial charge in [-0.15, -0.1) is 0 Å². The monoisotopic (exact) mass is 437 g/mol. The molecule has 33 heavy (non-hydrogen) atoms. The SMILES string of the molecule is C=C/C(=C(C)\C(=C/C)CNC1CCCC1)c1ccc(C)c(C(=N)c2cc3ccccc3[nH]2)c1. The van der Waals surface area contributed by atoms with Gasteiger partial charge in [0.05, 0.1) is 11.4 Å². The van der Waals surface area contributed by atoms with Crippen molar-refractivity contribution in [2.75, 3.05) is 6.54 Å². The Morgan fingerprint density at radius 3 is 2.61 bits per heavy atom. The lowest BCUT2D eigenvalue weighted by Gasteiger charge is -2.18. The summed E-state index contributed by atoms with van der Waals surface area (Å²) in [6.07, 6.45) is 9.41. The summed E-state index contributed by atoms with van der Waals surface area (Å²) in [5, 5.41) is 13.8. The van der Waals surface area contributed by atoms with Gasteiger partial charge in [-0.2, -0.15) is 0 Å². The molecule has 0 bridgehead atoms. The number of aromatic amines is 1. The molecular weight excluding hydrogens is 402 g/mol. The minimum absolute atomic E-state index is 0.515. The van der Waals surface area contributed by atoms with Gasteiger partial charge in [-0.25, -0.2) is 0 Å². The Bertz CT molecular complexity index is 1200. The van der Waals surface area contributed by atoms with Crippen LogP contribution >= 0.6 is 0 Å². The molecule has 1 saturated carbocycles. The molecule has 1 aliphatic rings. The van der Waals surface area contributed by atoms with Crippen molar-refractivity contribution in [3.8, 4) is 0 Å². The molecule has 3 aromatic rings. The summed E-state index contributed by atoms with van der Waals surface area (Å²) in [5.74, 6) is 0. The molecule has 1 aliphatic carbocycles. The minimum atomic E-state index is 0.515. The summed E-state index contributed by atoms with van der Waals surface area (Å²) in [6, 6.07) is 17.3. The van der Waals surface area contributed by atoms with Crippen LogP contribution in [0.5, 0.6) is 0 Å². The molecule has 3 nitrogen and oxygen atoms in total. The Morgan fingerprint density at radius 2 is 1.91 bits per heavy atom. The van der Waals surface area contributed by atoms with Crippen LogP contribution in [0.25, 0.3) is 16.5 Å². The lowest BCUT2D eigenvalue weighted by Crippen LogP contribution is -2.28. The van der Waals surface area contributed by atoms with Crippen LogP contribution in [0.1, 0.15) is 61.9 Å². The number of para-hydroxylation sites is 1. The van der Waals surface area contributed by atoms with Crippen LogP contribution in [0.3, 0.4) is 0 Å². The number of H-pyrrole nitrogens is 1. The van der Waals surface area contributed by atoms with E-state index in [1.807, 2.05) is 18.2 Å². The van der Waals surface area contributed by atoms with Crippen LogP contribution in [-0.4, -0.2) is 23.3 Å². The molecule has 0 aliphatic heterocycles. The third kappa shape index (κ3) is 4.94. The average Bonchev–Trinajstić information content (AvgIpc) is 3.50. The van der Waals surface area contributed by atoms with Gasteiger partial charge in [-0.3, -0.25) is 5.41 Å². The standard InChI is InChI=1S/C30H35N3/c1-5-22(19-32-25-12-8-9-13-25)21(4)26(6-2)23-16-15-20(3)27(17-23)30(31)29-18-24-11-7-10-14-28(24)33-29/h5-7,10-11,14-18,25,31-33H,2,8-9,12-13,19H2,1,3-4H3/b22-5-,26-21+,31-30?. The van der Waals surface area contributed by atoms with E-state index in [0.717, 1.165) is 45.4 Å². The molecule has 0 radical (unpaired) electrons. The number of allylic oxidation sites excluding steroid dienone is 3. The van der Waals surface area contributed by atoms with Gasteiger partial charge in [-0.05, 0) is 79.7 Å². The van der Waals surface area contributed by atoms with Gasteiger partial charge in [-0.1, -0.05) is 61.9 Å². The lowest BCUT2D eigenvalue weighted by atomic mass is 9.91. The van der Waals surface area contributed by atoms with Crippen molar-refractivity contribution in [1.29, 1.82) is 5.41 Å². The third-order valence-corrected chi connectivity index (χ3v) is 6.99. The highest BCUT2D eigenvalue weighted by Gasteiger charge is 2.17. The molecule has 1 fully saturated rings. The number of nitrogens with one attached hydrogen (secondary N) is 3. The van der Waals surface area contributed by atoms with Crippen LogP contribution in [-0.2, 0) is 0 Å². The highest BCUT2D eigenvalue weighted by molar-refractivity contribution is 6.13. The summed E-state index contributed by atoms with van der Waals surface area (Å²) < 4.78 is 0. The van der Waals surface area contributed by atoms with E-state index >= 15 is 0 Å². The van der Waals surface area contributed by atoms with Crippen molar-refractivity contribution in [1.82, 2.24) is 10.3 Å². The summed E-state index contributed by atoms with van der Waals surface area (Å²) in [5.41, 5.74) is 9.23. The number of benzene rings is 2. The van der Waals surface area contributed by atoms with E-state index < -0.39 is 0 Å². The Kier molecular flexibility index (Phi) is 7.10. The summed E-state index contributed by atoms with van der Waals surface area (Å²) >= 11 is 0. The van der Waals surface area contributed by atoms with Crippen LogP contribution in [0.15, 0.2) is 78.4 Å². The fourth-order valence-corrected chi connectivity index (χ4v) is 4.91. The average molecular weight is 438 g/mol. The Labute approximate surface area is 197 Å². The molecular formula is C30H35N3. The van der Waals surface area contributed by atoms with Gasteiger partial charge < -0.3 is 10.3 Å². The van der Waals surface area contributed by atoms with Crippen LogP contribution in [0.4, 0.5) is 0 Å². The van der Waals surface area contributed by atoms with E-state index in [-0.39, 0.29) is 0 Å². The second kappa shape index (κ2) is 10.2. The van der Waals surface area contributed by atoms with Crippen molar-refractivity contribution in [2.24, 2.45) is 0 Å². The maximum Gasteiger partial charge on any atom is 0.0850 e. The van der Waals surface area contributed by atoms with Gasteiger partial charge >= 0.3 is 0 Å². The maximum atomic E-state index is 8.93. The molecule has 2 aromatic carbocycles. The Hall–Kier alpha value is -3.17. The number of hydrogen-bond acceptors (Lipinski definition) is 2. The third-order valence-electron chi connectivity index (χ3n) is 6.99. The predicted octanol–water partition coefficient (Wildman–Crippen LogP) is 7.33. The second-order valence-electron chi connectivity index (χ2n) is 9.09. The first-order valence-corrected chi connectivity index (χ1v) is 12.0. The molecule has 3 heteroatoms. The number of aryl methyl sites for hydroxylation is 1. The molecule has 1 heterocycles. The smallest absolute Gasteiger partial charge is 0.0850 e. The van der Waals surface area contributed by atoms with Gasteiger partial charge in [0, 0.05) is 29.1 Å². The van der Waals surface area contributed by atoms with Crippen molar-refractivity contribution >= 4 is 22.2 Å². The molecule has 0 unspecified atom stereocenters. The van der Waals surface area contributed by atoms with Crippen molar-refractivity contribution < 1.29 is 0 Å². The highest BCUT2D eigenvalue weighted by atomic mass is 14.9. The van der Waals surface area contributed by atoms with Gasteiger partial charge in [0.1, 0.15) is 0 Å². The van der Waals surface area contributed by atoms with Gasteiger partial charge in [0.2, 0.25) is 0 Å². The van der Waals surface area contributed by atoms with E-state index in [4.69, 9.17) is 5.41 Å². The zero-order chi connectivity index (χ0) is 23.4. The molecule has 170 valence electrons. The number of aromatic nitrogens is 1. The molecule has 1 aromatic heterocycles. The fraction of sp³-hybridized carbons (Fsp3) is 0.300. The minimum Gasteiger partial charge on any atom is -0.353 e. The quantitative estimate of drug-likeness (QED) is 0.251. The van der Waals surface area contributed by atoms with Crippen LogP contribution in [0, 0.1) is 12.3 Å². The largest absolute Gasteiger partial charge is 0.353 e. The van der Waals surface area contributed by atoms with Crippen molar-refractivity contribution in [2.45, 2.75) is 52.5 Å². The van der Waals surface area contributed by atoms with Crippen LogP contribution < -0.4 is 5.32 Å². The number of rotatable bonds is 8. The van der Waals surface area contributed by atoms with Crippen molar-refractivity contribution in [3.05, 3.63) is 101 Å². The number of fused-ring (bicyclic) bond motifs is 1. The molecule has 0 atom stereocenters. The van der Waals surface area contributed by atoms with Gasteiger partial charge in [0.25, 0.3) is 0 Å². The highest BCUT2D eigenvalue weighted by Crippen LogP contribution is 2.28. The summed E-state index contributed by atoms with van der Waals surface area (Å²) in [7, 11) is 0. The Morgan fingerprint density at radius 1 is 1.15 bits per heavy atom. The molecule has 0 amide bonds. The predicted molar refractivity (Wildman–Crippen MR) is 142 cm³/mol. The lowest BCUT2D eigenvalue weighted by molar-refractivity contribution is 0.550. The van der Waals surface area contributed by atoms with Gasteiger partial charge in [0.15, 0.2) is 0 Å². The number of hydrogen-bond donors (Lipinski definition) is 3. The first-order valence-electron chi connectivity index (χ1n) is 12.0. The molecule has 0 saturated heterocycles. The zero-order valence-electron chi connectivity index (χ0n) is 20.1. The van der Waals surface area contributed by atoms with E-state index in [1.54, 1.807) is 0 Å². The van der Waals surface area contributed by atoms with E-state index in [0.29, 0.717) is 11.8 Å². The fourth-order valence-electron chi connectivity index (χ4n) is 4.91. The topological polar surface area (TPSA) is 51.7 Å². The maximum absolute atomic E-state index is 8.93. The normalized spacial score (nSPS) is 15.7. The van der Waals surface area contributed by atoms with Crippen LogP contribution in [0.2, 0.25) is 0 Å². The van der Waals surface area contributed by atoms with E-state index in [1.165, 1.54) is 36.8 Å². The van der Waals surface area contributed by atoms with E-state index in [9.17, 15) is 0 Å². The molecule has 0 spiro atoms. The summed E-state index contributed by atoms with van der Waals surface area (Å²) in [4.78, 5) is 3.40. The summed E-state index contributed by atoms with van der Waals surface area (Å²) in [6.45, 7) is 11.4. The second-order valence-corrected chi connectivity index (χ2v) is 9.09.